The van der Waals surface area contributed by atoms with Crippen molar-refractivity contribution >= 4 is 23.4 Å². The van der Waals surface area contributed by atoms with E-state index in [0.717, 1.165) is 29.3 Å². The molecule has 1 aromatic carbocycles. The van der Waals surface area contributed by atoms with Crippen molar-refractivity contribution in [1.82, 2.24) is 0 Å². The van der Waals surface area contributed by atoms with Gasteiger partial charge >= 0.3 is 5.97 Å². The average Bonchev–Trinajstić information content (AvgIpc) is 2.39. The molecule has 1 unspecified atom stereocenters. The zero-order chi connectivity index (χ0) is 13.1. The second-order valence-corrected chi connectivity index (χ2v) is 5.63. The molecular formula is C13H17NO3S. The molecule has 1 fully saturated rings. The Morgan fingerprint density at radius 2 is 2.33 bits per heavy atom. The van der Waals surface area contributed by atoms with Crippen molar-refractivity contribution in [2.75, 3.05) is 30.9 Å². The summed E-state index contributed by atoms with van der Waals surface area (Å²) >= 11 is 1.51. The number of methoxy groups -OCH3 is 1. The van der Waals surface area contributed by atoms with E-state index in [2.05, 4.69) is 4.90 Å². The molecule has 0 amide bonds. The van der Waals surface area contributed by atoms with Gasteiger partial charge in [-0.2, -0.15) is 0 Å². The summed E-state index contributed by atoms with van der Waals surface area (Å²) in [5.41, 5.74) is 2.14. The van der Waals surface area contributed by atoms with Gasteiger partial charge < -0.3 is 14.7 Å². The number of rotatable bonds is 3. The SMILES string of the molecule is COc1ccc(C)cc1N1CCSC(C(=O)O)C1. The largest absolute Gasteiger partial charge is 0.495 e. The van der Waals surface area contributed by atoms with E-state index in [1.807, 2.05) is 25.1 Å². The molecule has 1 aliphatic rings. The van der Waals surface area contributed by atoms with Gasteiger partial charge in [0.05, 0.1) is 12.8 Å². The lowest BCUT2D eigenvalue weighted by Gasteiger charge is -2.33. The number of anilines is 1. The predicted molar refractivity (Wildman–Crippen MR) is 73.8 cm³/mol. The van der Waals surface area contributed by atoms with Gasteiger partial charge in [0.1, 0.15) is 11.0 Å². The van der Waals surface area contributed by atoms with Crippen molar-refractivity contribution < 1.29 is 14.6 Å². The third-order valence-corrected chi connectivity index (χ3v) is 4.19. The van der Waals surface area contributed by atoms with E-state index < -0.39 is 5.97 Å². The van der Waals surface area contributed by atoms with E-state index in [1.165, 1.54) is 11.8 Å². The molecule has 0 aromatic heterocycles. The topological polar surface area (TPSA) is 49.8 Å². The molecule has 98 valence electrons. The summed E-state index contributed by atoms with van der Waals surface area (Å²) in [4.78, 5) is 13.2. The highest BCUT2D eigenvalue weighted by atomic mass is 32.2. The lowest BCUT2D eigenvalue weighted by Crippen LogP contribution is -2.41. The average molecular weight is 267 g/mol. The van der Waals surface area contributed by atoms with E-state index in [9.17, 15) is 4.79 Å². The number of hydrogen-bond acceptors (Lipinski definition) is 4. The fourth-order valence-electron chi connectivity index (χ4n) is 2.06. The molecule has 0 aliphatic carbocycles. The minimum absolute atomic E-state index is 0.357. The van der Waals surface area contributed by atoms with Gasteiger partial charge in [0.25, 0.3) is 0 Å². The molecule has 0 saturated carbocycles. The maximum Gasteiger partial charge on any atom is 0.318 e. The summed E-state index contributed by atoms with van der Waals surface area (Å²) in [7, 11) is 1.64. The molecule has 2 rings (SSSR count). The van der Waals surface area contributed by atoms with Crippen LogP contribution in [0.5, 0.6) is 5.75 Å². The number of carbonyl (C=O) groups is 1. The quantitative estimate of drug-likeness (QED) is 0.908. The van der Waals surface area contributed by atoms with E-state index in [4.69, 9.17) is 9.84 Å². The summed E-state index contributed by atoms with van der Waals surface area (Å²) in [5.74, 6) is 0.890. The molecule has 1 heterocycles. The van der Waals surface area contributed by atoms with Gasteiger partial charge in [-0.15, -0.1) is 11.8 Å². The Morgan fingerprint density at radius 3 is 3.00 bits per heavy atom. The maximum absolute atomic E-state index is 11.1. The predicted octanol–water partition coefficient (Wildman–Crippen LogP) is 2.01. The molecule has 1 aliphatic heterocycles. The van der Waals surface area contributed by atoms with Gasteiger partial charge in [0.15, 0.2) is 0 Å². The zero-order valence-corrected chi connectivity index (χ0v) is 11.4. The van der Waals surface area contributed by atoms with E-state index >= 15 is 0 Å². The van der Waals surface area contributed by atoms with Crippen LogP contribution in [0.1, 0.15) is 5.56 Å². The normalized spacial score (nSPS) is 19.7. The van der Waals surface area contributed by atoms with Gasteiger partial charge in [0, 0.05) is 18.8 Å². The third kappa shape index (κ3) is 2.72. The first-order chi connectivity index (χ1) is 8.61. The number of hydrogen-bond donors (Lipinski definition) is 1. The fraction of sp³-hybridized carbons (Fsp3) is 0.462. The molecular weight excluding hydrogens is 250 g/mol. The minimum Gasteiger partial charge on any atom is -0.495 e. The molecule has 1 saturated heterocycles. The molecule has 0 spiro atoms. The number of ether oxygens (including phenoxy) is 1. The molecule has 1 atom stereocenters. The standard InChI is InChI=1S/C13H17NO3S/c1-9-3-4-11(17-2)10(7-9)14-5-6-18-12(8-14)13(15)16/h3-4,7,12H,5-6,8H2,1-2H3,(H,15,16). The van der Waals surface area contributed by atoms with Crippen LogP contribution in [-0.4, -0.2) is 42.3 Å². The smallest absolute Gasteiger partial charge is 0.318 e. The Hall–Kier alpha value is -1.36. The number of carboxylic acid groups (broad SMARTS) is 1. The Morgan fingerprint density at radius 1 is 1.56 bits per heavy atom. The fourth-order valence-corrected chi connectivity index (χ4v) is 3.10. The highest BCUT2D eigenvalue weighted by Gasteiger charge is 2.27. The Balaban J connectivity index is 2.25. The number of thioether (sulfide) groups is 1. The highest BCUT2D eigenvalue weighted by molar-refractivity contribution is 8.00. The van der Waals surface area contributed by atoms with Crippen molar-refractivity contribution in [3.8, 4) is 5.75 Å². The molecule has 4 nitrogen and oxygen atoms in total. The molecule has 18 heavy (non-hydrogen) atoms. The second kappa shape index (κ2) is 5.52. The summed E-state index contributed by atoms with van der Waals surface area (Å²) in [5, 5.41) is 8.75. The van der Waals surface area contributed by atoms with E-state index in [0.29, 0.717) is 6.54 Å². The monoisotopic (exact) mass is 267 g/mol. The first-order valence-corrected chi connectivity index (χ1v) is 6.90. The highest BCUT2D eigenvalue weighted by Crippen LogP contribution is 2.32. The van der Waals surface area contributed by atoms with Crippen molar-refractivity contribution in [1.29, 1.82) is 0 Å². The Kier molecular flexibility index (Phi) is 4.01. The molecule has 1 aromatic rings. The number of aliphatic carboxylic acids is 1. The molecule has 0 bridgehead atoms. The van der Waals surface area contributed by atoms with Crippen LogP contribution in [0.3, 0.4) is 0 Å². The Labute approximate surface area is 111 Å². The number of carboxylic acids is 1. The summed E-state index contributed by atoms with van der Waals surface area (Å²) in [6.45, 7) is 3.41. The van der Waals surface area contributed by atoms with Crippen LogP contribution in [0.2, 0.25) is 0 Å². The lowest BCUT2D eigenvalue weighted by molar-refractivity contribution is -0.136. The van der Waals surface area contributed by atoms with Crippen molar-refractivity contribution in [3.63, 3.8) is 0 Å². The van der Waals surface area contributed by atoms with Crippen LogP contribution < -0.4 is 9.64 Å². The van der Waals surface area contributed by atoms with Crippen molar-refractivity contribution in [2.45, 2.75) is 12.2 Å². The third-order valence-electron chi connectivity index (χ3n) is 3.02. The first-order valence-electron chi connectivity index (χ1n) is 5.86. The second-order valence-electron chi connectivity index (χ2n) is 4.32. The maximum atomic E-state index is 11.1. The van der Waals surface area contributed by atoms with E-state index in [-0.39, 0.29) is 5.25 Å². The summed E-state index contributed by atoms with van der Waals surface area (Å²) in [6, 6.07) is 5.98. The van der Waals surface area contributed by atoms with Gasteiger partial charge in [-0.1, -0.05) is 6.07 Å². The molecule has 1 N–H and O–H groups in total. The number of nitrogens with zero attached hydrogens (tertiary/aromatic N) is 1. The van der Waals surface area contributed by atoms with Crippen molar-refractivity contribution in [3.05, 3.63) is 23.8 Å². The number of aryl methyl sites for hydroxylation is 1. The van der Waals surface area contributed by atoms with Crippen LogP contribution in [0, 0.1) is 6.92 Å². The van der Waals surface area contributed by atoms with Gasteiger partial charge in [-0.3, -0.25) is 4.79 Å². The van der Waals surface area contributed by atoms with Crippen LogP contribution in [0.4, 0.5) is 5.69 Å². The Bertz CT molecular complexity index is 450. The number of benzene rings is 1. The molecule has 0 radical (unpaired) electrons. The van der Waals surface area contributed by atoms with Crippen LogP contribution in [0.15, 0.2) is 18.2 Å². The van der Waals surface area contributed by atoms with E-state index in [1.54, 1.807) is 7.11 Å². The zero-order valence-electron chi connectivity index (χ0n) is 10.5. The van der Waals surface area contributed by atoms with Crippen LogP contribution >= 0.6 is 11.8 Å². The molecule has 5 heteroatoms. The minimum atomic E-state index is -0.740. The van der Waals surface area contributed by atoms with Gasteiger partial charge in [-0.05, 0) is 24.6 Å². The van der Waals surface area contributed by atoms with Gasteiger partial charge in [-0.25, -0.2) is 0 Å². The summed E-state index contributed by atoms with van der Waals surface area (Å²) < 4.78 is 5.35. The summed E-state index contributed by atoms with van der Waals surface area (Å²) in [6.07, 6.45) is 0. The van der Waals surface area contributed by atoms with Crippen LogP contribution in [-0.2, 0) is 4.79 Å². The van der Waals surface area contributed by atoms with Crippen LogP contribution in [0.25, 0.3) is 0 Å². The lowest BCUT2D eigenvalue weighted by atomic mass is 10.2. The van der Waals surface area contributed by atoms with Gasteiger partial charge in [0.2, 0.25) is 0 Å². The van der Waals surface area contributed by atoms with Crippen molar-refractivity contribution in [2.24, 2.45) is 0 Å². The first kappa shape index (κ1) is 13.1.